The SMILES string of the molecule is CC(C)c1cc(C(=O)N2CCC3CCC(C2)N3C)on1. The van der Waals surface area contributed by atoms with E-state index in [0.717, 1.165) is 25.2 Å². The number of carbonyl (C=O) groups excluding carboxylic acids is 1. The zero-order chi connectivity index (χ0) is 14.3. The molecule has 2 fully saturated rings. The zero-order valence-corrected chi connectivity index (χ0v) is 12.5. The summed E-state index contributed by atoms with van der Waals surface area (Å²) in [5, 5.41) is 3.99. The normalized spacial score (nSPS) is 27.1. The maximum absolute atomic E-state index is 12.5. The molecule has 0 radical (unpaired) electrons. The van der Waals surface area contributed by atoms with Gasteiger partial charge in [-0.2, -0.15) is 0 Å². The van der Waals surface area contributed by atoms with Crippen molar-refractivity contribution in [1.29, 1.82) is 0 Å². The van der Waals surface area contributed by atoms with Crippen LogP contribution in [0.25, 0.3) is 0 Å². The summed E-state index contributed by atoms with van der Waals surface area (Å²) in [6.07, 6.45) is 3.52. The number of likely N-dealkylation sites (tertiary alicyclic amines) is 1. The van der Waals surface area contributed by atoms with Gasteiger partial charge in [-0.15, -0.1) is 0 Å². The molecule has 0 saturated carbocycles. The lowest BCUT2D eigenvalue weighted by molar-refractivity contribution is 0.0698. The Labute approximate surface area is 119 Å². The van der Waals surface area contributed by atoms with E-state index in [1.165, 1.54) is 12.8 Å². The third-order valence-electron chi connectivity index (χ3n) is 4.77. The average molecular weight is 277 g/mol. The molecular weight excluding hydrogens is 254 g/mol. The number of aromatic nitrogens is 1. The summed E-state index contributed by atoms with van der Waals surface area (Å²) < 4.78 is 5.23. The van der Waals surface area contributed by atoms with E-state index >= 15 is 0 Å². The third-order valence-corrected chi connectivity index (χ3v) is 4.77. The highest BCUT2D eigenvalue weighted by atomic mass is 16.5. The Morgan fingerprint density at radius 3 is 2.80 bits per heavy atom. The second-order valence-corrected chi connectivity index (χ2v) is 6.36. The zero-order valence-electron chi connectivity index (χ0n) is 12.5. The van der Waals surface area contributed by atoms with Crippen molar-refractivity contribution >= 4 is 5.91 Å². The number of hydrogen-bond donors (Lipinski definition) is 0. The first kappa shape index (κ1) is 13.6. The van der Waals surface area contributed by atoms with E-state index in [2.05, 4.69) is 17.1 Å². The minimum atomic E-state index is -0.00894. The molecule has 0 spiro atoms. The van der Waals surface area contributed by atoms with Crippen LogP contribution >= 0.6 is 0 Å². The smallest absolute Gasteiger partial charge is 0.292 e. The van der Waals surface area contributed by atoms with Crippen LogP contribution in [0.5, 0.6) is 0 Å². The predicted molar refractivity (Wildman–Crippen MR) is 75.7 cm³/mol. The number of carbonyl (C=O) groups is 1. The predicted octanol–water partition coefficient (Wildman–Crippen LogP) is 2.11. The summed E-state index contributed by atoms with van der Waals surface area (Å²) in [5.74, 6) is 0.658. The Morgan fingerprint density at radius 1 is 1.35 bits per heavy atom. The molecule has 2 saturated heterocycles. The molecule has 0 N–H and O–H groups in total. The first-order chi connectivity index (χ1) is 9.56. The van der Waals surface area contributed by atoms with Crippen molar-refractivity contribution < 1.29 is 9.32 Å². The van der Waals surface area contributed by atoms with Gasteiger partial charge in [0.2, 0.25) is 5.76 Å². The van der Waals surface area contributed by atoms with Gasteiger partial charge in [0.15, 0.2) is 0 Å². The maximum atomic E-state index is 12.5. The van der Waals surface area contributed by atoms with E-state index < -0.39 is 0 Å². The summed E-state index contributed by atoms with van der Waals surface area (Å²) in [6, 6.07) is 2.93. The van der Waals surface area contributed by atoms with Gasteiger partial charge < -0.3 is 9.42 Å². The highest BCUT2D eigenvalue weighted by Gasteiger charge is 2.36. The van der Waals surface area contributed by atoms with Crippen LogP contribution in [0.3, 0.4) is 0 Å². The molecule has 5 nitrogen and oxygen atoms in total. The van der Waals surface area contributed by atoms with E-state index in [1.807, 2.05) is 18.7 Å². The Hall–Kier alpha value is -1.36. The van der Waals surface area contributed by atoms with E-state index in [9.17, 15) is 4.79 Å². The van der Waals surface area contributed by atoms with Crippen molar-refractivity contribution in [2.24, 2.45) is 0 Å². The Balaban J connectivity index is 1.73. The third kappa shape index (κ3) is 2.35. The van der Waals surface area contributed by atoms with Crippen LogP contribution in [-0.2, 0) is 0 Å². The largest absolute Gasteiger partial charge is 0.351 e. The monoisotopic (exact) mass is 277 g/mol. The molecule has 2 bridgehead atoms. The van der Waals surface area contributed by atoms with Gasteiger partial charge in [-0.05, 0) is 32.2 Å². The molecule has 2 atom stereocenters. The van der Waals surface area contributed by atoms with Gasteiger partial charge in [-0.3, -0.25) is 9.69 Å². The molecule has 110 valence electrons. The van der Waals surface area contributed by atoms with Crippen molar-refractivity contribution in [3.05, 3.63) is 17.5 Å². The fourth-order valence-corrected chi connectivity index (χ4v) is 3.31. The van der Waals surface area contributed by atoms with Gasteiger partial charge in [0.1, 0.15) is 0 Å². The average Bonchev–Trinajstić information content (AvgIpc) is 2.95. The van der Waals surface area contributed by atoms with Crippen LogP contribution in [-0.4, -0.2) is 53.1 Å². The van der Waals surface area contributed by atoms with E-state index in [1.54, 1.807) is 6.07 Å². The quantitative estimate of drug-likeness (QED) is 0.830. The van der Waals surface area contributed by atoms with Crippen molar-refractivity contribution in [1.82, 2.24) is 15.0 Å². The van der Waals surface area contributed by atoms with E-state index in [4.69, 9.17) is 4.52 Å². The molecule has 2 aliphatic heterocycles. The Kier molecular flexibility index (Phi) is 3.54. The molecule has 20 heavy (non-hydrogen) atoms. The van der Waals surface area contributed by atoms with E-state index in [0.29, 0.717) is 17.8 Å². The minimum Gasteiger partial charge on any atom is -0.351 e. The van der Waals surface area contributed by atoms with Crippen LogP contribution in [0.4, 0.5) is 0 Å². The Morgan fingerprint density at radius 2 is 2.10 bits per heavy atom. The summed E-state index contributed by atoms with van der Waals surface area (Å²) in [4.78, 5) is 16.9. The van der Waals surface area contributed by atoms with E-state index in [-0.39, 0.29) is 11.8 Å². The van der Waals surface area contributed by atoms with Gasteiger partial charge in [0, 0.05) is 31.2 Å². The van der Waals surface area contributed by atoms with Crippen LogP contribution < -0.4 is 0 Å². The van der Waals surface area contributed by atoms with Crippen LogP contribution in [0.15, 0.2) is 10.6 Å². The first-order valence-electron chi connectivity index (χ1n) is 7.54. The number of hydrogen-bond acceptors (Lipinski definition) is 4. The van der Waals surface area contributed by atoms with Crippen LogP contribution in [0, 0.1) is 0 Å². The standard InChI is InChI=1S/C15H23N3O2/c1-10(2)13-8-14(20-16-13)15(19)18-7-6-11-4-5-12(9-18)17(11)3/h8,10-12H,4-7,9H2,1-3H3. The number of fused-ring (bicyclic) bond motifs is 2. The molecule has 2 unspecified atom stereocenters. The summed E-state index contributed by atoms with van der Waals surface area (Å²) in [5.41, 5.74) is 0.849. The van der Waals surface area contributed by atoms with Crippen molar-refractivity contribution in [3.63, 3.8) is 0 Å². The lowest BCUT2D eigenvalue weighted by atomic mass is 10.1. The summed E-state index contributed by atoms with van der Waals surface area (Å²) >= 11 is 0. The fourth-order valence-electron chi connectivity index (χ4n) is 3.31. The van der Waals surface area contributed by atoms with Gasteiger partial charge in [-0.25, -0.2) is 0 Å². The lowest BCUT2D eigenvalue weighted by Crippen LogP contribution is -2.39. The maximum Gasteiger partial charge on any atom is 0.292 e. The molecule has 3 rings (SSSR count). The summed E-state index contributed by atoms with van der Waals surface area (Å²) in [7, 11) is 2.18. The molecule has 1 aromatic heterocycles. The van der Waals surface area contributed by atoms with Gasteiger partial charge in [-0.1, -0.05) is 19.0 Å². The number of rotatable bonds is 2. The molecule has 1 amide bonds. The summed E-state index contributed by atoms with van der Waals surface area (Å²) in [6.45, 7) is 5.73. The fraction of sp³-hybridized carbons (Fsp3) is 0.733. The topological polar surface area (TPSA) is 49.6 Å². The van der Waals surface area contributed by atoms with Crippen molar-refractivity contribution in [3.8, 4) is 0 Å². The second-order valence-electron chi connectivity index (χ2n) is 6.36. The first-order valence-corrected chi connectivity index (χ1v) is 7.54. The molecule has 1 aromatic rings. The van der Waals surface area contributed by atoms with Gasteiger partial charge in [0.05, 0.1) is 5.69 Å². The second kappa shape index (κ2) is 5.20. The lowest BCUT2D eigenvalue weighted by Gasteiger charge is -2.24. The molecule has 5 heteroatoms. The molecule has 3 heterocycles. The van der Waals surface area contributed by atoms with Gasteiger partial charge in [0.25, 0.3) is 5.91 Å². The molecule has 0 aliphatic carbocycles. The number of amides is 1. The Bertz CT molecular complexity index is 497. The highest BCUT2D eigenvalue weighted by Crippen LogP contribution is 2.29. The molecular formula is C15H23N3O2. The molecule has 0 aromatic carbocycles. The minimum absolute atomic E-state index is 0.00894. The van der Waals surface area contributed by atoms with Crippen LogP contribution in [0.1, 0.15) is 55.3 Å². The highest BCUT2D eigenvalue weighted by molar-refractivity contribution is 5.91. The molecule has 2 aliphatic rings. The van der Waals surface area contributed by atoms with Gasteiger partial charge >= 0.3 is 0 Å². The number of nitrogens with zero attached hydrogens (tertiary/aromatic N) is 3. The van der Waals surface area contributed by atoms with Crippen LogP contribution in [0.2, 0.25) is 0 Å². The number of likely N-dealkylation sites (N-methyl/N-ethyl adjacent to an activating group) is 1. The van der Waals surface area contributed by atoms with Crippen molar-refractivity contribution in [2.75, 3.05) is 20.1 Å². The van der Waals surface area contributed by atoms with Crippen molar-refractivity contribution in [2.45, 2.75) is 51.1 Å².